The molecule has 3 nitrogen and oxygen atoms in total. The molecule has 412 valence electrons. The summed E-state index contributed by atoms with van der Waals surface area (Å²) in [4.78, 5) is 0.760. The van der Waals surface area contributed by atoms with Gasteiger partial charge in [0.15, 0.2) is 0 Å². The van der Waals surface area contributed by atoms with Crippen molar-refractivity contribution < 1.29 is 51.6 Å². The van der Waals surface area contributed by atoms with Crippen molar-refractivity contribution in [1.82, 2.24) is 0 Å². The van der Waals surface area contributed by atoms with Crippen LogP contribution >= 0.6 is 10.3 Å². The monoisotopic (exact) mass is 1070 g/mol. The van der Waals surface area contributed by atoms with Crippen LogP contribution in [0.25, 0.3) is 0 Å². The minimum absolute atomic E-state index is 0.253. The summed E-state index contributed by atoms with van der Waals surface area (Å²) in [5, 5.41) is -7.09. The van der Waals surface area contributed by atoms with Gasteiger partial charge in [-0.15, -0.1) is 0 Å². The van der Waals surface area contributed by atoms with Crippen LogP contribution in [0.4, 0.5) is 39.5 Å². The molecule has 0 aliphatic rings. The fourth-order valence-corrected chi connectivity index (χ4v) is 16.1. The van der Waals surface area contributed by atoms with Crippen LogP contribution in [0.5, 0.6) is 0 Å². The molecule has 0 heterocycles. The van der Waals surface area contributed by atoms with Crippen molar-refractivity contribution >= 4 is 20.4 Å². The van der Waals surface area contributed by atoms with Gasteiger partial charge in [-0.05, 0) is 176 Å². The van der Waals surface area contributed by atoms with Crippen molar-refractivity contribution in [3.63, 3.8) is 0 Å². The number of alkyl halides is 9. The molecule has 72 heavy (non-hydrogen) atoms. The number of benzene rings is 3. The van der Waals surface area contributed by atoms with Gasteiger partial charge in [-0.1, -0.05) is 156 Å². The molecule has 0 saturated carbocycles. The Morgan fingerprint density at radius 3 is 0.750 bits per heavy atom. The van der Waals surface area contributed by atoms with Gasteiger partial charge < -0.3 is 0 Å². The first-order valence-electron chi connectivity index (χ1n) is 27.4. The SMILES string of the molecule is CCCCc1cc(CCCC)c(S(OS(=O)(=O)C(F)(F)C(F)(F)C(F)(F)C(F)(F)F)(c2c(CCCC)cc(CCCC)cc2CCCC)c2c(CCCC)cc(CCCC)cc2CCCC)c(CCCC)c1. The third-order valence-corrected chi connectivity index (χ3v) is 19.4. The molecular formula is C58H87F9O3S2. The third-order valence-electron chi connectivity index (χ3n) is 13.6. The molecule has 3 aromatic carbocycles. The minimum Gasteiger partial charge on any atom is -0.202 e. The molecule has 14 heteroatoms. The maximum Gasteiger partial charge on any atom is 0.460 e. The molecule has 0 aliphatic heterocycles. The average molecular weight is 1070 g/mol. The topological polar surface area (TPSA) is 43.4 Å². The predicted octanol–water partition coefficient (Wildman–Crippen LogP) is 19.7. The molecule has 0 amide bonds. The van der Waals surface area contributed by atoms with E-state index in [1.54, 1.807) is 0 Å². The van der Waals surface area contributed by atoms with E-state index in [4.69, 9.17) is 3.63 Å². The zero-order valence-corrected chi connectivity index (χ0v) is 46.6. The molecule has 0 fully saturated rings. The number of rotatable bonds is 35. The van der Waals surface area contributed by atoms with E-state index in [1.165, 1.54) is 0 Å². The van der Waals surface area contributed by atoms with E-state index in [1.807, 2.05) is 77.9 Å². The lowest BCUT2D eigenvalue weighted by atomic mass is 9.95. The second-order valence-electron chi connectivity index (χ2n) is 19.9. The average Bonchev–Trinajstić information content (AvgIpc) is 3.33. The highest BCUT2D eigenvalue weighted by atomic mass is 32.3. The fraction of sp³-hybridized carbons (Fsp3) is 0.690. The summed E-state index contributed by atoms with van der Waals surface area (Å²) in [5.41, 5.74) is 6.20. The molecular weight excluding hydrogens is 980 g/mol. The van der Waals surface area contributed by atoms with Crippen molar-refractivity contribution in [2.75, 3.05) is 0 Å². The number of hydrogen-bond donors (Lipinski definition) is 0. The van der Waals surface area contributed by atoms with Crippen LogP contribution in [0.15, 0.2) is 51.1 Å². The Hall–Kier alpha value is -2.71. The Kier molecular flexibility index (Phi) is 25.6. The highest BCUT2D eigenvalue weighted by molar-refractivity contribution is 8.33. The van der Waals surface area contributed by atoms with E-state index in [2.05, 4.69) is 20.8 Å². The summed E-state index contributed by atoms with van der Waals surface area (Å²) in [6.45, 7) is 18.0. The van der Waals surface area contributed by atoms with Crippen LogP contribution in [-0.4, -0.2) is 31.7 Å². The summed E-state index contributed by atoms with van der Waals surface area (Å²) in [7, 11) is -11.9. The zero-order valence-electron chi connectivity index (χ0n) is 45.0. The number of aryl methyl sites for hydroxylation is 9. The molecule has 3 rings (SSSR count). The summed E-state index contributed by atoms with van der Waals surface area (Å²) in [5.74, 6) is -15.0. The smallest absolute Gasteiger partial charge is 0.202 e. The van der Waals surface area contributed by atoms with Crippen molar-refractivity contribution in [3.05, 3.63) is 86.5 Å². The van der Waals surface area contributed by atoms with E-state index in [0.29, 0.717) is 168 Å². The Balaban J connectivity index is 3.16. The van der Waals surface area contributed by atoms with E-state index >= 15 is 34.8 Å². The van der Waals surface area contributed by atoms with Crippen LogP contribution < -0.4 is 0 Å². The first-order valence-corrected chi connectivity index (χ1v) is 30.4. The molecule has 0 aromatic heterocycles. The van der Waals surface area contributed by atoms with Crippen molar-refractivity contribution in [2.24, 2.45) is 0 Å². The van der Waals surface area contributed by atoms with Crippen LogP contribution in [0.1, 0.15) is 228 Å². The summed E-state index contributed by atoms with van der Waals surface area (Å²) in [6, 6.07) is 11.7. The lowest BCUT2D eigenvalue weighted by Gasteiger charge is -2.47. The molecule has 0 atom stereocenters. The Bertz CT molecular complexity index is 1970. The number of halogens is 9. The van der Waals surface area contributed by atoms with Crippen LogP contribution in [0, 0.1) is 0 Å². The van der Waals surface area contributed by atoms with Gasteiger partial charge in [0.2, 0.25) is 0 Å². The maximum absolute atomic E-state index is 17.1. The Labute approximate surface area is 430 Å². The van der Waals surface area contributed by atoms with Gasteiger partial charge in [-0.25, -0.2) is 3.63 Å². The molecule has 0 bridgehead atoms. The molecule has 3 aromatic rings. The van der Waals surface area contributed by atoms with Gasteiger partial charge >= 0.3 is 33.4 Å². The van der Waals surface area contributed by atoms with Gasteiger partial charge in [0.25, 0.3) is 0 Å². The number of hydrogen-bond acceptors (Lipinski definition) is 3. The lowest BCUT2D eigenvalue weighted by molar-refractivity contribution is -0.382. The molecule has 0 N–H and O–H groups in total. The van der Waals surface area contributed by atoms with Crippen molar-refractivity contribution in [2.45, 2.75) is 274 Å². The van der Waals surface area contributed by atoms with Gasteiger partial charge in [-0.2, -0.15) is 47.9 Å². The lowest BCUT2D eigenvalue weighted by Crippen LogP contribution is -2.63. The molecule has 0 saturated heterocycles. The van der Waals surface area contributed by atoms with E-state index in [0.717, 1.165) is 55.2 Å². The van der Waals surface area contributed by atoms with E-state index in [-0.39, 0.29) is 14.7 Å². The van der Waals surface area contributed by atoms with Crippen LogP contribution in [0.3, 0.4) is 0 Å². The molecule has 0 unspecified atom stereocenters. The second kappa shape index (κ2) is 29.0. The van der Waals surface area contributed by atoms with E-state index in [9.17, 15) is 13.2 Å². The van der Waals surface area contributed by atoms with Gasteiger partial charge in [0.05, 0.1) is 0 Å². The van der Waals surface area contributed by atoms with E-state index < -0.39 is 43.7 Å². The predicted molar refractivity (Wildman–Crippen MR) is 280 cm³/mol. The highest BCUT2D eigenvalue weighted by Gasteiger charge is 2.86. The Morgan fingerprint density at radius 2 is 0.556 bits per heavy atom. The summed E-state index contributed by atoms with van der Waals surface area (Å²) in [6.07, 6.45) is 8.58. The first-order chi connectivity index (χ1) is 34.0. The fourth-order valence-electron chi connectivity index (χ4n) is 9.58. The van der Waals surface area contributed by atoms with Gasteiger partial charge in [-0.3, -0.25) is 0 Å². The van der Waals surface area contributed by atoms with Crippen molar-refractivity contribution in [1.29, 1.82) is 0 Å². The minimum atomic E-state index is -7.50. The summed E-state index contributed by atoms with van der Waals surface area (Å²) < 4.78 is 176. The third kappa shape index (κ3) is 14.8. The summed E-state index contributed by atoms with van der Waals surface area (Å²) >= 11 is 0. The second-order valence-corrected chi connectivity index (χ2v) is 24.2. The van der Waals surface area contributed by atoms with Gasteiger partial charge in [0, 0.05) is 14.7 Å². The Morgan fingerprint density at radius 1 is 0.347 bits per heavy atom. The molecule has 0 aliphatic carbocycles. The van der Waals surface area contributed by atoms with Crippen molar-refractivity contribution in [3.8, 4) is 0 Å². The molecule has 0 radical (unpaired) electrons. The van der Waals surface area contributed by atoms with Crippen LogP contribution in [0.2, 0.25) is 0 Å². The number of unbranched alkanes of at least 4 members (excludes halogenated alkanes) is 9. The highest BCUT2D eigenvalue weighted by Crippen LogP contribution is 2.76. The van der Waals surface area contributed by atoms with Crippen LogP contribution in [-0.2, 0) is 71.5 Å². The zero-order chi connectivity index (χ0) is 54.0. The quantitative estimate of drug-likeness (QED) is 0.0551. The first kappa shape index (κ1) is 63.6. The largest absolute Gasteiger partial charge is 0.460 e. The normalized spacial score (nSPS) is 13.4. The standard InChI is InChI=1S/C58H87F9O3S2/c1-10-19-28-43-37-46(31-22-13-4)52(47(38-43)32-23-14-5)71(70-72(68,69)58(66,67)56(61,62)55(59,60)57(63,64)65,53-48(33-24-15-6)39-44(29-20-11-2)40-49(53)34-25-16-7)54-50(35-26-17-8)41-45(30-21-12-3)42-51(54)36-27-18-9/h37-42H,10-36H2,1-9H3. The maximum atomic E-state index is 17.1. The van der Waals surface area contributed by atoms with Gasteiger partial charge in [0.1, 0.15) is 0 Å². The molecule has 0 spiro atoms.